The normalized spacial score (nSPS) is 21.8. The Morgan fingerprint density at radius 3 is 2.48 bits per heavy atom. The Balaban J connectivity index is 1.83. The van der Waals surface area contributed by atoms with E-state index in [0.29, 0.717) is 36.6 Å². The van der Waals surface area contributed by atoms with Gasteiger partial charge in [-0.05, 0) is 49.8 Å². The Hall–Kier alpha value is -1.56. The van der Waals surface area contributed by atoms with Gasteiger partial charge in [0.25, 0.3) is 5.91 Å². The fraction of sp³-hybridized carbons (Fsp3) is 0.467. The number of amides is 1. The summed E-state index contributed by atoms with van der Waals surface area (Å²) in [6.07, 6.45) is 3.08. The van der Waals surface area contributed by atoms with Crippen molar-refractivity contribution in [3.8, 4) is 0 Å². The number of aliphatic carboxylic acids is 1. The van der Waals surface area contributed by atoms with Gasteiger partial charge in [0.2, 0.25) is 0 Å². The van der Waals surface area contributed by atoms with Crippen LogP contribution in [0.2, 0.25) is 0 Å². The van der Waals surface area contributed by atoms with E-state index in [1.807, 2.05) is 0 Å². The molecule has 4 N–H and O–H groups in total. The molecule has 5 nitrogen and oxygen atoms in total. The lowest BCUT2D eigenvalue weighted by Crippen LogP contribution is -2.32. The van der Waals surface area contributed by atoms with Crippen molar-refractivity contribution < 1.29 is 14.7 Å². The first-order valence-corrected chi connectivity index (χ1v) is 7.82. The minimum Gasteiger partial charge on any atom is -0.481 e. The van der Waals surface area contributed by atoms with Gasteiger partial charge in [-0.1, -0.05) is 15.9 Å². The van der Waals surface area contributed by atoms with Crippen LogP contribution in [0.25, 0.3) is 0 Å². The summed E-state index contributed by atoms with van der Waals surface area (Å²) in [6, 6.07) is 5.11. The van der Waals surface area contributed by atoms with E-state index in [1.165, 1.54) is 0 Å². The van der Waals surface area contributed by atoms with Crippen LogP contribution in [0.4, 0.5) is 5.69 Å². The summed E-state index contributed by atoms with van der Waals surface area (Å²) < 4.78 is 0.773. The molecular weight excluding hydrogens is 336 g/mol. The van der Waals surface area contributed by atoms with Gasteiger partial charge in [0.1, 0.15) is 0 Å². The minimum absolute atomic E-state index is 0.150. The average Bonchev–Trinajstić information content (AvgIpc) is 2.44. The second-order valence-corrected chi connectivity index (χ2v) is 6.45. The second-order valence-electron chi connectivity index (χ2n) is 5.54. The Morgan fingerprint density at radius 2 is 1.90 bits per heavy atom. The van der Waals surface area contributed by atoms with Crippen LogP contribution < -0.4 is 11.1 Å². The standard InChI is InChI=1S/C15H19BrN2O3/c16-12-5-11(6-13(17)7-12)14(19)18-8-9-1-3-10(4-2-9)15(20)21/h5-7,9-10H,1-4,8,17H2,(H,18,19)(H,20,21). The number of halogens is 1. The molecule has 114 valence electrons. The van der Waals surface area contributed by atoms with Gasteiger partial charge in [0, 0.05) is 22.3 Å². The summed E-state index contributed by atoms with van der Waals surface area (Å²) in [6.45, 7) is 0.581. The van der Waals surface area contributed by atoms with Crippen LogP contribution in [0.3, 0.4) is 0 Å². The van der Waals surface area contributed by atoms with Crippen molar-refractivity contribution >= 4 is 33.5 Å². The van der Waals surface area contributed by atoms with Crippen LogP contribution >= 0.6 is 15.9 Å². The Kier molecular flexibility index (Phi) is 5.22. The van der Waals surface area contributed by atoms with Crippen LogP contribution in [-0.4, -0.2) is 23.5 Å². The molecule has 1 aromatic carbocycles. The molecule has 1 aliphatic carbocycles. The SMILES string of the molecule is Nc1cc(Br)cc(C(=O)NCC2CCC(C(=O)O)CC2)c1. The van der Waals surface area contributed by atoms with E-state index in [1.54, 1.807) is 18.2 Å². The highest BCUT2D eigenvalue weighted by atomic mass is 79.9. The largest absolute Gasteiger partial charge is 0.481 e. The van der Waals surface area contributed by atoms with Gasteiger partial charge in [-0.2, -0.15) is 0 Å². The second kappa shape index (κ2) is 6.93. The topological polar surface area (TPSA) is 92.4 Å². The molecule has 1 fully saturated rings. The number of nitrogens with one attached hydrogen (secondary N) is 1. The van der Waals surface area contributed by atoms with E-state index in [9.17, 15) is 9.59 Å². The molecule has 0 aliphatic heterocycles. The third kappa shape index (κ3) is 4.46. The zero-order valence-electron chi connectivity index (χ0n) is 11.6. The first-order chi connectivity index (χ1) is 9.95. The summed E-state index contributed by atoms with van der Waals surface area (Å²) in [7, 11) is 0. The lowest BCUT2D eigenvalue weighted by atomic mass is 9.82. The molecule has 21 heavy (non-hydrogen) atoms. The van der Waals surface area contributed by atoms with Crippen molar-refractivity contribution in [3.05, 3.63) is 28.2 Å². The number of nitrogen functional groups attached to an aromatic ring is 1. The molecule has 0 heterocycles. The lowest BCUT2D eigenvalue weighted by Gasteiger charge is -2.26. The zero-order chi connectivity index (χ0) is 15.4. The van der Waals surface area contributed by atoms with Crippen LogP contribution in [0.15, 0.2) is 22.7 Å². The number of hydrogen-bond donors (Lipinski definition) is 3. The highest BCUT2D eigenvalue weighted by Gasteiger charge is 2.26. The number of carboxylic acids is 1. The van der Waals surface area contributed by atoms with Crippen molar-refractivity contribution in [1.29, 1.82) is 0 Å². The molecule has 0 saturated heterocycles. The van der Waals surface area contributed by atoms with Gasteiger partial charge in [-0.25, -0.2) is 0 Å². The van der Waals surface area contributed by atoms with Crippen LogP contribution in [-0.2, 0) is 4.79 Å². The third-order valence-electron chi connectivity index (χ3n) is 3.93. The van der Waals surface area contributed by atoms with Crippen molar-refractivity contribution in [1.82, 2.24) is 5.32 Å². The van der Waals surface area contributed by atoms with E-state index in [0.717, 1.165) is 17.3 Å². The van der Waals surface area contributed by atoms with Gasteiger partial charge in [0.05, 0.1) is 5.92 Å². The molecule has 0 radical (unpaired) electrons. The van der Waals surface area contributed by atoms with Crippen LogP contribution in [0.5, 0.6) is 0 Å². The molecule has 6 heteroatoms. The number of rotatable bonds is 4. The van der Waals surface area contributed by atoms with Gasteiger partial charge >= 0.3 is 5.97 Å². The molecule has 1 amide bonds. The predicted molar refractivity (Wildman–Crippen MR) is 84.0 cm³/mol. The number of carboxylic acid groups (broad SMARTS) is 1. The molecular formula is C15H19BrN2O3. The summed E-state index contributed by atoms with van der Waals surface area (Å²) >= 11 is 3.31. The molecule has 0 bridgehead atoms. The summed E-state index contributed by atoms with van der Waals surface area (Å²) in [5, 5.41) is 11.9. The van der Waals surface area contributed by atoms with Gasteiger partial charge < -0.3 is 16.2 Å². The molecule has 0 unspecified atom stereocenters. The zero-order valence-corrected chi connectivity index (χ0v) is 13.2. The van der Waals surface area contributed by atoms with Gasteiger partial charge in [0.15, 0.2) is 0 Å². The number of nitrogens with two attached hydrogens (primary N) is 1. The van der Waals surface area contributed by atoms with E-state index in [2.05, 4.69) is 21.2 Å². The maximum atomic E-state index is 12.1. The smallest absolute Gasteiger partial charge is 0.306 e. The summed E-state index contributed by atoms with van der Waals surface area (Å²) in [4.78, 5) is 23.0. The van der Waals surface area contributed by atoms with E-state index < -0.39 is 5.97 Å². The maximum Gasteiger partial charge on any atom is 0.306 e. The predicted octanol–water partition coefficient (Wildman–Crippen LogP) is 2.65. The highest BCUT2D eigenvalue weighted by molar-refractivity contribution is 9.10. The first kappa shape index (κ1) is 15.8. The quantitative estimate of drug-likeness (QED) is 0.724. The number of carbonyl (C=O) groups excluding carboxylic acids is 1. The monoisotopic (exact) mass is 354 g/mol. The number of benzene rings is 1. The molecule has 0 aromatic heterocycles. The Labute approximate surface area is 132 Å². The highest BCUT2D eigenvalue weighted by Crippen LogP contribution is 2.28. The molecule has 0 atom stereocenters. The van der Waals surface area contributed by atoms with E-state index in [-0.39, 0.29) is 11.8 Å². The molecule has 1 aliphatic rings. The van der Waals surface area contributed by atoms with Crippen LogP contribution in [0, 0.1) is 11.8 Å². The summed E-state index contributed by atoms with van der Waals surface area (Å²) in [5.41, 5.74) is 6.78. The maximum absolute atomic E-state index is 12.1. The van der Waals surface area contributed by atoms with E-state index in [4.69, 9.17) is 10.8 Å². The molecule has 1 saturated carbocycles. The van der Waals surface area contributed by atoms with Crippen LogP contribution in [0.1, 0.15) is 36.0 Å². The molecule has 0 spiro atoms. The van der Waals surface area contributed by atoms with Crippen molar-refractivity contribution in [3.63, 3.8) is 0 Å². The first-order valence-electron chi connectivity index (χ1n) is 7.03. The Bertz CT molecular complexity index is 519. The van der Waals surface area contributed by atoms with E-state index >= 15 is 0 Å². The molecule has 2 rings (SSSR count). The lowest BCUT2D eigenvalue weighted by molar-refractivity contribution is -0.143. The fourth-order valence-electron chi connectivity index (χ4n) is 2.70. The third-order valence-corrected chi connectivity index (χ3v) is 4.39. The van der Waals surface area contributed by atoms with Crippen molar-refractivity contribution in [2.45, 2.75) is 25.7 Å². The average molecular weight is 355 g/mol. The van der Waals surface area contributed by atoms with Crippen molar-refractivity contribution in [2.75, 3.05) is 12.3 Å². The number of anilines is 1. The number of carbonyl (C=O) groups is 2. The Morgan fingerprint density at radius 1 is 1.24 bits per heavy atom. The van der Waals surface area contributed by atoms with Gasteiger partial charge in [-0.15, -0.1) is 0 Å². The summed E-state index contributed by atoms with van der Waals surface area (Å²) in [5.74, 6) is -0.721. The van der Waals surface area contributed by atoms with Crippen molar-refractivity contribution in [2.24, 2.45) is 11.8 Å². The number of hydrogen-bond acceptors (Lipinski definition) is 3. The molecule has 1 aromatic rings. The fourth-order valence-corrected chi connectivity index (χ4v) is 3.21. The minimum atomic E-state index is -0.706. The van der Waals surface area contributed by atoms with Gasteiger partial charge in [-0.3, -0.25) is 9.59 Å².